The highest BCUT2D eigenvalue weighted by Crippen LogP contribution is 2.48. The van der Waals surface area contributed by atoms with E-state index in [4.69, 9.17) is 0 Å². The van der Waals surface area contributed by atoms with E-state index in [9.17, 15) is 15.0 Å². The Morgan fingerprint density at radius 2 is 2.17 bits per heavy atom. The van der Waals surface area contributed by atoms with E-state index in [-0.39, 0.29) is 29.5 Å². The van der Waals surface area contributed by atoms with Crippen LogP contribution < -0.4 is 5.32 Å². The van der Waals surface area contributed by atoms with Crippen LogP contribution in [-0.4, -0.2) is 49.5 Å². The minimum Gasteiger partial charge on any atom is -0.390 e. The van der Waals surface area contributed by atoms with Crippen LogP contribution in [0.25, 0.3) is 5.65 Å². The van der Waals surface area contributed by atoms with Crippen LogP contribution in [0.5, 0.6) is 0 Å². The fourth-order valence-electron chi connectivity index (χ4n) is 4.12. The second-order valence-corrected chi connectivity index (χ2v) is 6.80. The topological polar surface area (TPSA) is 99.8 Å². The number of nitrogens with zero attached hydrogens (tertiary/aromatic N) is 3. The van der Waals surface area contributed by atoms with Gasteiger partial charge in [-0.2, -0.15) is 0 Å². The van der Waals surface area contributed by atoms with E-state index in [1.807, 2.05) is 19.1 Å². The van der Waals surface area contributed by atoms with Crippen molar-refractivity contribution < 1.29 is 15.0 Å². The molecule has 2 heterocycles. The average Bonchev–Trinajstić information content (AvgIpc) is 3.20. The number of carbonyl (C=O) groups is 1. The van der Waals surface area contributed by atoms with Crippen LogP contribution in [0.4, 0.5) is 0 Å². The molecule has 23 heavy (non-hydrogen) atoms. The lowest BCUT2D eigenvalue weighted by molar-refractivity contribution is -0.0332. The van der Waals surface area contributed by atoms with Gasteiger partial charge >= 0.3 is 0 Å². The minimum atomic E-state index is -0.660. The Morgan fingerprint density at radius 1 is 1.35 bits per heavy atom. The molecule has 2 fully saturated rings. The molecular formula is C16H20N4O3. The second-order valence-electron chi connectivity index (χ2n) is 6.80. The summed E-state index contributed by atoms with van der Waals surface area (Å²) < 4.78 is 1.67. The average molecular weight is 316 g/mol. The lowest BCUT2D eigenvalue weighted by Gasteiger charge is -2.29. The van der Waals surface area contributed by atoms with Gasteiger partial charge in [0.1, 0.15) is 0 Å². The van der Waals surface area contributed by atoms with Crippen LogP contribution in [0.15, 0.2) is 18.3 Å². The Bertz CT molecular complexity index is 757. The molecular weight excluding hydrogens is 296 g/mol. The van der Waals surface area contributed by atoms with Gasteiger partial charge in [0.25, 0.3) is 5.91 Å². The van der Waals surface area contributed by atoms with Gasteiger partial charge in [-0.05, 0) is 55.2 Å². The zero-order valence-corrected chi connectivity index (χ0v) is 12.9. The Hall–Kier alpha value is -1.99. The molecule has 7 heteroatoms. The third-order valence-electron chi connectivity index (χ3n) is 5.35. The zero-order chi connectivity index (χ0) is 16.1. The third kappa shape index (κ3) is 2.31. The van der Waals surface area contributed by atoms with Crippen molar-refractivity contribution in [2.45, 2.75) is 32.0 Å². The van der Waals surface area contributed by atoms with Crippen molar-refractivity contribution in [1.29, 1.82) is 0 Å². The molecule has 0 aromatic carbocycles. The normalized spacial score (nSPS) is 32.6. The number of aliphatic hydroxyl groups excluding tert-OH is 2. The molecule has 7 nitrogen and oxygen atoms in total. The molecule has 2 aliphatic rings. The number of aryl methyl sites for hydroxylation is 1. The number of hydrogen-bond donors (Lipinski definition) is 3. The van der Waals surface area contributed by atoms with Crippen molar-refractivity contribution in [1.82, 2.24) is 19.9 Å². The van der Waals surface area contributed by atoms with Crippen molar-refractivity contribution in [3.05, 3.63) is 29.7 Å². The second kappa shape index (κ2) is 5.28. The first-order chi connectivity index (χ1) is 11.0. The third-order valence-corrected chi connectivity index (χ3v) is 5.35. The van der Waals surface area contributed by atoms with E-state index in [1.165, 1.54) is 0 Å². The van der Waals surface area contributed by atoms with Crippen LogP contribution in [-0.2, 0) is 0 Å². The molecule has 0 spiro atoms. The Balaban J connectivity index is 1.44. The Kier molecular flexibility index (Phi) is 3.35. The van der Waals surface area contributed by atoms with Crippen LogP contribution in [0.2, 0.25) is 0 Å². The number of rotatable bonds is 3. The summed E-state index contributed by atoms with van der Waals surface area (Å²) in [5, 5.41) is 30.7. The predicted molar refractivity (Wildman–Crippen MR) is 81.8 cm³/mol. The van der Waals surface area contributed by atoms with Gasteiger partial charge in [0.15, 0.2) is 5.65 Å². The minimum absolute atomic E-state index is 0.0769. The summed E-state index contributed by atoms with van der Waals surface area (Å²) in [4.78, 5) is 12.4. The molecule has 122 valence electrons. The monoisotopic (exact) mass is 316 g/mol. The molecule has 3 N–H and O–H groups in total. The molecule has 2 bridgehead atoms. The molecule has 0 radical (unpaired) electrons. The van der Waals surface area contributed by atoms with Gasteiger partial charge in [0.05, 0.1) is 12.2 Å². The first-order valence-corrected chi connectivity index (χ1v) is 8.00. The number of pyridine rings is 1. The van der Waals surface area contributed by atoms with E-state index < -0.39 is 12.2 Å². The van der Waals surface area contributed by atoms with Crippen molar-refractivity contribution in [2.24, 2.45) is 17.8 Å². The highest BCUT2D eigenvalue weighted by atomic mass is 16.3. The fraction of sp³-hybridized carbons (Fsp3) is 0.562. The predicted octanol–water partition coefficient (Wildman–Crippen LogP) is 0.145. The van der Waals surface area contributed by atoms with Gasteiger partial charge < -0.3 is 15.5 Å². The maximum Gasteiger partial charge on any atom is 0.289 e. The van der Waals surface area contributed by atoms with Crippen molar-refractivity contribution in [3.8, 4) is 0 Å². The number of fused-ring (bicyclic) bond motifs is 3. The summed E-state index contributed by atoms with van der Waals surface area (Å²) in [7, 11) is 0. The number of carbonyl (C=O) groups excluding carboxylic acids is 1. The summed E-state index contributed by atoms with van der Waals surface area (Å²) in [6.07, 6.45) is 2.22. The lowest BCUT2D eigenvalue weighted by atomic mass is 9.85. The van der Waals surface area contributed by atoms with Gasteiger partial charge in [-0.1, -0.05) is 0 Å². The summed E-state index contributed by atoms with van der Waals surface area (Å²) >= 11 is 0. The number of hydrogen-bond acceptors (Lipinski definition) is 5. The molecule has 2 aromatic heterocycles. The molecule has 2 saturated carbocycles. The van der Waals surface area contributed by atoms with Crippen LogP contribution >= 0.6 is 0 Å². The van der Waals surface area contributed by atoms with E-state index in [1.54, 1.807) is 10.6 Å². The van der Waals surface area contributed by atoms with E-state index in [0.717, 1.165) is 18.4 Å². The van der Waals surface area contributed by atoms with Crippen molar-refractivity contribution in [2.75, 3.05) is 6.54 Å². The van der Waals surface area contributed by atoms with Crippen molar-refractivity contribution >= 4 is 11.6 Å². The molecule has 0 saturated heterocycles. The Morgan fingerprint density at radius 3 is 2.91 bits per heavy atom. The van der Waals surface area contributed by atoms with Gasteiger partial charge in [0, 0.05) is 12.7 Å². The van der Waals surface area contributed by atoms with Gasteiger partial charge in [0.2, 0.25) is 5.82 Å². The van der Waals surface area contributed by atoms with Crippen LogP contribution in [0, 0.1) is 24.7 Å². The van der Waals surface area contributed by atoms with Gasteiger partial charge in [-0.3, -0.25) is 9.20 Å². The smallest absolute Gasteiger partial charge is 0.289 e. The van der Waals surface area contributed by atoms with E-state index in [0.29, 0.717) is 12.2 Å². The Labute approximate surface area is 133 Å². The van der Waals surface area contributed by atoms with Crippen LogP contribution in [0.1, 0.15) is 29.0 Å². The molecule has 0 unspecified atom stereocenters. The summed E-state index contributed by atoms with van der Waals surface area (Å²) in [5.41, 5.74) is 1.71. The molecule has 2 aromatic rings. The SMILES string of the molecule is Cc1ccn2c(C(=O)NC[C@@H]3C[C@H]4C[C@@H]3[C@H](O)[C@@H]4O)nnc2c1. The number of amides is 1. The molecule has 0 aliphatic heterocycles. The maximum absolute atomic E-state index is 12.4. The highest BCUT2D eigenvalue weighted by molar-refractivity contribution is 5.91. The maximum atomic E-state index is 12.4. The lowest BCUT2D eigenvalue weighted by Crippen LogP contribution is -2.41. The molecule has 5 atom stereocenters. The van der Waals surface area contributed by atoms with Crippen LogP contribution in [0.3, 0.4) is 0 Å². The zero-order valence-electron chi connectivity index (χ0n) is 12.9. The summed E-state index contributed by atoms with van der Waals surface area (Å²) in [6.45, 7) is 2.45. The summed E-state index contributed by atoms with van der Waals surface area (Å²) in [6, 6.07) is 3.78. The standard InChI is InChI=1S/C16H20N4O3/c1-8-2-3-20-12(4-8)18-19-15(20)16(23)17-7-10-5-9-6-11(10)14(22)13(9)21/h2-4,9-11,13-14,21-22H,5-7H2,1H3,(H,17,23)/t9-,10-,11-,13+,14-/m0/s1. The summed E-state index contributed by atoms with van der Waals surface area (Å²) in [5.74, 6) is 0.452. The van der Waals surface area contributed by atoms with Gasteiger partial charge in [-0.15, -0.1) is 10.2 Å². The quantitative estimate of drug-likeness (QED) is 0.748. The number of nitrogens with one attached hydrogen (secondary N) is 1. The van der Waals surface area contributed by atoms with Crippen molar-refractivity contribution in [3.63, 3.8) is 0 Å². The highest BCUT2D eigenvalue weighted by Gasteiger charge is 2.51. The largest absolute Gasteiger partial charge is 0.390 e. The van der Waals surface area contributed by atoms with Gasteiger partial charge in [-0.25, -0.2) is 0 Å². The van der Waals surface area contributed by atoms with E-state index in [2.05, 4.69) is 15.5 Å². The first kappa shape index (κ1) is 14.6. The number of aliphatic hydroxyl groups is 2. The fourth-order valence-corrected chi connectivity index (χ4v) is 4.12. The molecule has 2 aliphatic carbocycles. The molecule has 4 rings (SSSR count). The first-order valence-electron chi connectivity index (χ1n) is 8.00. The molecule has 1 amide bonds. The van der Waals surface area contributed by atoms with E-state index >= 15 is 0 Å². The number of aromatic nitrogens is 3.